The van der Waals surface area contributed by atoms with E-state index in [2.05, 4.69) is 6.92 Å². The van der Waals surface area contributed by atoms with E-state index < -0.39 is 0 Å². The van der Waals surface area contributed by atoms with Crippen molar-refractivity contribution in [2.45, 2.75) is 25.8 Å². The first-order valence-corrected chi connectivity index (χ1v) is 5.13. The number of methoxy groups -OCH3 is 1. The summed E-state index contributed by atoms with van der Waals surface area (Å²) >= 11 is 0. The van der Waals surface area contributed by atoms with Crippen LogP contribution in [0, 0.1) is 0 Å². The Kier molecular flexibility index (Phi) is 6.77. The van der Waals surface area contributed by atoms with Crippen LogP contribution in [0.5, 0.6) is 0 Å². The zero-order chi connectivity index (χ0) is 11.3. The van der Waals surface area contributed by atoms with Crippen molar-refractivity contribution in [2.75, 3.05) is 7.11 Å². The minimum Gasteiger partial charge on any atom is -0.465 e. The number of carbonyl (C=O) groups excluding carboxylic acids is 1. The highest BCUT2D eigenvalue weighted by Crippen LogP contribution is 2.20. The number of carbonyl (C=O) groups is 1. The lowest BCUT2D eigenvalue weighted by Gasteiger charge is -2.14. The Labute approximate surface area is 102 Å². The summed E-state index contributed by atoms with van der Waals surface area (Å²) in [4.78, 5) is 11.5. The van der Waals surface area contributed by atoms with E-state index in [4.69, 9.17) is 10.5 Å². The minimum absolute atomic E-state index is 0. The molecule has 0 radical (unpaired) electrons. The first-order chi connectivity index (χ1) is 7.20. The molecule has 0 aromatic heterocycles. The molecule has 0 saturated carbocycles. The highest BCUT2D eigenvalue weighted by atomic mass is 35.5. The molecule has 0 saturated heterocycles. The molecule has 16 heavy (non-hydrogen) atoms. The highest BCUT2D eigenvalue weighted by molar-refractivity contribution is 5.91. The Morgan fingerprint density at radius 2 is 2.06 bits per heavy atom. The summed E-state index contributed by atoms with van der Waals surface area (Å²) in [7, 11) is 1.38. The molecule has 2 N–H and O–H groups in total. The van der Waals surface area contributed by atoms with Crippen LogP contribution in [-0.2, 0) is 4.74 Å². The second kappa shape index (κ2) is 7.25. The maximum atomic E-state index is 11.5. The van der Waals surface area contributed by atoms with Gasteiger partial charge in [-0.1, -0.05) is 31.5 Å². The van der Waals surface area contributed by atoms with Crippen molar-refractivity contribution in [3.63, 3.8) is 0 Å². The van der Waals surface area contributed by atoms with Gasteiger partial charge in [0.1, 0.15) is 0 Å². The number of hydrogen-bond donors (Lipinski definition) is 1. The summed E-state index contributed by atoms with van der Waals surface area (Å²) in [5.74, 6) is -0.322. The van der Waals surface area contributed by atoms with Gasteiger partial charge in [0.25, 0.3) is 0 Å². The average molecular weight is 244 g/mol. The molecule has 1 aromatic rings. The Morgan fingerprint density at radius 1 is 1.44 bits per heavy atom. The summed E-state index contributed by atoms with van der Waals surface area (Å²) in [6.07, 6.45) is 1.87. The van der Waals surface area contributed by atoms with Crippen LogP contribution in [0.4, 0.5) is 0 Å². The zero-order valence-corrected chi connectivity index (χ0v) is 10.4. The van der Waals surface area contributed by atoms with Gasteiger partial charge in [-0.2, -0.15) is 0 Å². The fourth-order valence-corrected chi connectivity index (χ4v) is 1.58. The summed E-state index contributed by atoms with van der Waals surface area (Å²) in [5, 5.41) is 0. The second-order valence-corrected chi connectivity index (χ2v) is 3.47. The van der Waals surface area contributed by atoms with Gasteiger partial charge >= 0.3 is 5.97 Å². The van der Waals surface area contributed by atoms with Gasteiger partial charge in [-0.3, -0.25) is 0 Å². The van der Waals surface area contributed by atoms with E-state index in [1.165, 1.54) is 7.11 Å². The molecular formula is C12H18ClNO2. The highest BCUT2D eigenvalue weighted by Gasteiger charge is 2.15. The van der Waals surface area contributed by atoms with Crippen molar-refractivity contribution in [2.24, 2.45) is 5.73 Å². The largest absolute Gasteiger partial charge is 0.465 e. The predicted octanol–water partition coefficient (Wildman–Crippen LogP) is 2.69. The standard InChI is InChI=1S/C12H17NO2.ClH/c1-3-6-11(13)9-7-4-5-8-10(9)12(14)15-2;/h4-5,7-8,11H,3,6,13H2,1-2H3;1H/t11-;/m0./s1. The molecule has 3 nitrogen and oxygen atoms in total. The van der Waals surface area contributed by atoms with E-state index in [1.54, 1.807) is 6.07 Å². The van der Waals surface area contributed by atoms with Crippen LogP contribution >= 0.6 is 12.4 Å². The topological polar surface area (TPSA) is 52.3 Å². The minimum atomic E-state index is -0.322. The number of hydrogen-bond acceptors (Lipinski definition) is 3. The van der Waals surface area contributed by atoms with Crippen LogP contribution in [0.15, 0.2) is 24.3 Å². The molecule has 0 aliphatic carbocycles. The van der Waals surface area contributed by atoms with Crippen LogP contribution < -0.4 is 5.73 Å². The number of esters is 1. The number of rotatable bonds is 4. The number of nitrogens with two attached hydrogens (primary N) is 1. The van der Waals surface area contributed by atoms with Gasteiger partial charge in [0, 0.05) is 6.04 Å². The van der Waals surface area contributed by atoms with Gasteiger partial charge in [-0.15, -0.1) is 12.4 Å². The third-order valence-corrected chi connectivity index (χ3v) is 2.37. The molecule has 0 aliphatic heterocycles. The lowest BCUT2D eigenvalue weighted by Crippen LogP contribution is -2.15. The molecule has 0 heterocycles. The molecule has 4 heteroatoms. The molecule has 1 aromatic carbocycles. The molecule has 0 fully saturated rings. The van der Waals surface area contributed by atoms with Crippen LogP contribution in [0.25, 0.3) is 0 Å². The summed E-state index contributed by atoms with van der Waals surface area (Å²) < 4.78 is 4.71. The first-order valence-electron chi connectivity index (χ1n) is 5.13. The van der Waals surface area contributed by atoms with Gasteiger partial charge < -0.3 is 10.5 Å². The van der Waals surface area contributed by atoms with Crippen LogP contribution in [-0.4, -0.2) is 13.1 Å². The van der Waals surface area contributed by atoms with E-state index in [0.717, 1.165) is 18.4 Å². The van der Waals surface area contributed by atoms with Gasteiger partial charge in [0.15, 0.2) is 0 Å². The molecule has 0 aliphatic rings. The summed E-state index contributed by atoms with van der Waals surface area (Å²) in [6.45, 7) is 2.07. The number of ether oxygens (including phenoxy) is 1. The van der Waals surface area contributed by atoms with Crippen LogP contribution in [0.2, 0.25) is 0 Å². The number of halogens is 1. The Hall–Kier alpha value is -1.06. The van der Waals surface area contributed by atoms with E-state index in [-0.39, 0.29) is 24.4 Å². The Morgan fingerprint density at radius 3 is 2.62 bits per heavy atom. The lowest BCUT2D eigenvalue weighted by atomic mass is 9.98. The monoisotopic (exact) mass is 243 g/mol. The molecule has 1 atom stereocenters. The summed E-state index contributed by atoms with van der Waals surface area (Å²) in [6, 6.07) is 7.24. The van der Waals surface area contributed by atoms with Crippen molar-refractivity contribution in [1.29, 1.82) is 0 Å². The maximum Gasteiger partial charge on any atom is 0.338 e. The molecular weight excluding hydrogens is 226 g/mol. The quantitative estimate of drug-likeness (QED) is 0.828. The normalized spacial score (nSPS) is 11.4. The molecule has 0 amide bonds. The summed E-state index contributed by atoms with van der Waals surface area (Å²) in [5.41, 5.74) is 7.43. The van der Waals surface area contributed by atoms with Crippen molar-refractivity contribution in [3.8, 4) is 0 Å². The van der Waals surface area contributed by atoms with Gasteiger partial charge in [0.05, 0.1) is 12.7 Å². The van der Waals surface area contributed by atoms with E-state index in [0.29, 0.717) is 5.56 Å². The fourth-order valence-electron chi connectivity index (χ4n) is 1.58. The third kappa shape index (κ3) is 3.51. The average Bonchev–Trinajstić information content (AvgIpc) is 2.28. The van der Waals surface area contributed by atoms with Crippen molar-refractivity contribution in [3.05, 3.63) is 35.4 Å². The van der Waals surface area contributed by atoms with Crippen molar-refractivity contribution < 1.29 is 9.53 Å². The van der Waals surface area contributed by atoms with E-state index in [1.807, 2.05) is 18.2 Å². The van der Waals surface area contributed by atoms with Gasteiger partial charge in [-0.05, 0) is 18.1 Å². The van der Waals surface area contributed by atoms with E-state index in [9.17, 15) is 4.79 Å². The Balaban J connectivity index is 0.00000225. The third-order valence-electron chi connectivity index (χ3n) is 2.37. The van der Waals surface area contributed by atoms with Gasteiger partial charge in [0.2, 0.25) is 0 Å². The second-order valence-electron chi connectivity index (χ2n) is 3.47. The molecule has 0 bridgehead atoms. The lowest BCUT2D eigenvalue weighted by molar-refractivity contribution is 0.0599. The molecule has 1 rings (SSSR count). The fraction of sp³-hybridized carbons (Fsp3) is 0.417. The molecule has 90 valence electrons. The zero-order valence-electron chi connectivity index (χ0n) is 9.60. The smallest absolute Gasteiger partial charge is 0.338 e. The molecule has 0 spiro atoms. The first kappa shape index (κ1) is 14.9. The van der Waals surface area contributed by atoms with Crippen molar-refractivity contribution in [1.82, 2.24) is 0 Å². The van der Waals surface area contributed by atoms with Crippen LogP contribution in [0.3, 0.4) is 0 Å². The van der Waals surface area contributed by atoms with Crippen LogP contribution in [0.1, 0.15) is 41.7 Å². The SMILES string of the molecule is CCC[C@H](N)c1ccccc1C(=O)OC.Cl. The maximum absolute atomic E-state index is 11.5. The van der Waals surface area contributed by atoms with Gasteiger partial charge in [-0.25, -0.2) is 4.79 Å². The predicted molar refractivity (Wildman–Crippen MR) is 66.9 cm³/mol. The van der Waals surface area contributed by atoms with Crippen molar-refractivity contribution >= 4 is 18.4 Å². The van der Waals surface area contributed by atoms with E-state index >= 15 is 0 Å². The Bertz CT molecular complexity index is 342. The molecule has 0 unspecified atom stereocenters. The number of benzene rings is 1.